The lowest BCUT2D eigenvalue weighted by atomic mass is 10.3. The van der Waals surface area contributed by atoms with Crippen LogP contribution in [0.15, 0.2) is 24.3 Å². The molecule has 1 atom stereocenters. The first-order valence-electron chi connectivity index (χ1n) is 5.08. The minimum atomic E-state index is -0.522. The Labute approximate surface area is 98.6 Å². The number of hydrogen-bond acceptors (Lipinski definition) is 3. The summed E-state index contributed by atoms with van der Waals surface area (Å²) in [6, 6.07) is 4.52. The van der Waals surface area contributed by atoms with Crippen LogP contribution in [0.5, 0.6) is 0 Å². The van der Waals surface area contributed by atoms with Gasteiger partial charge in [-0.15, -0.1) is 0 Å². The van der Waals surface area contributed by atoms with Gasteiger partial charge in [0.25, 0.3) is 0 Å². The number of nitrogens with one attached hydrogen (secondary N) is 2. The number of carbonyl (C=O) groups is 1. The van der Waals surface area contributed by atoms with E-state index in [9.17, 15) is 9.18 Å². The molecule has 0 aliphatic rings. The molecule has 1 aromatic carbocycles. The van der Waals surface area contributed by atoms with Gasteiger partial charge in [0.05, 0.1) is 19.3 Å². The average molecular weight is 242 g/mol. The van der Waals surface area contributed by atoms with E-state index in [0.717, 1.165) is 0 Å². The zero-order chi connectivity index (χ0) is 12.7. The zero-order valence-electron chi connectivity index (χ0n) is 9.44. The van der Waals surface area contributed by atoms with Gasteiger partial charge < -0.3 is 20.5 Å². The number of urea groups is 1. The lowest BCUT2D eigenvalue weighted by Crippen LogP contribution is -2.42. The molecule has 0 radical (unpaired) electrons. The predicted octanol–water partition coefficient (Wildman–Crippen LogP) is 0.954. The van der Waals surface area contributed by atoms with E-state index in [1.807, 2.05) is 0 Å². The topological polar surface area (TPSA) is 70.6 Å². The SMILES string of the molecule is COCC(CO)NC(=O)Nc1cccc(F)c1. The molecular formula is C11H15FN2O3. The Morgan fingerprint density at radius 3 is 2.94 bits per heavy atom. The number of ether oxygens (including phenoxy) is 1. The number of carbonyl (C=O) groups excluding carboxylic acids is 1. The molecule has 1 unspecified atom stereocenters. The minimum absolute atomic E-state index is 0.201. The number of aliphatic hydroxyl groups is 1. The fraction of sp³-hybridized carbons (Fsp3) is 0.364. The Hall–Kier alpha value is -1.66. The van der Waals surface area contributed by atoms with E-state index in [1.165, 1.54) is 25.3 Å². The molecule has 2 amide bonds. The molecule has 0 aliphatic heterocycles. The smallest absolute Gasteiger partial charge is 0.319 e. The van der Waals surface area contributed by atoms with Gasteiger partial charge >= 0.3 is 6.03 Å². The molecule has 1 rings (SSSR count). The number of rotatable bonds is 5. The Balaban J connectivity index is 2.49. The highest BCUT2D eigenvalue weighted by Crippen LogP contribution is 2.08. The second kappa shape index (κ2) is 6.82. The van der Waals surface area contributed by atoms with Gasteiger partial charge in [-0.1, -0.05) is 6.07 Å². The van der Waals surface area contributed by atoms with Crippen LogP contribution in [0, 0.1) is 5.82 Å². The Morgan fingerprint density at radius 1 is 1.59 bits per heavy atom. The predicted molar refractivity (Wildman–Crippen MR) is 61.3 cm³/mol. The Bertz CT molecular complexity index is 373. The molecule has 5 nitrogen and oxygen atoms in total. The Kier molecular flexibility index (Phi) is 5.38. The number of methoxy groups -OCH3 is 1. The molecule has 0 aromatic heterocycles. The summed E-state index contributed by atoms with van der Waals surface area (Å²) in [6.07, 6.45) is 0. The zero-order valence-corrected chi connectivity index (χ0v) is 9.44. The maximum absolute atomic E-state index is 12.8. The maximum Gasteiger partial charge on any atom is 0.319 e. The van der Waals surface area contributed by atoms with E-state index >= 15 is 0 Å². The quantitative estimate of drug-likeness (QED) is 0.720. The van der Waals surface area contributed by atoms with Gasteiger partial charge in [0.2, 0.25) is 0 Å². The van der Waals surface area contributed by atoms with Gasteiger partial charge in [-0.3, -0.25) is 0 Å². The van der Waals surface area contributed by atoms with Crippen molar-refractivity contribution in [1.82, 2.24) is 5.32 Å². The number of benzene rings is 1. The van der Waals surface area contributed by atoms with E-state index in [1.54, 1.807) is 6.07 Å². The van der Waals surface area contributed by atoms with Gasteiger partial charge in [0, 0.05) is 12.8 Å². The molecule has 0 saturated carbocycles. The molecular weight excluding hydrogens is 227 g/mol. The standard InChI is InChI=1S/C11H15FN2O3/c1-17-7-10(6-15)14-11(16)13-9-4-2-3-8(12)5-9/h2-5,10,15H,6-7H2,1H3,(H2,13,14,16). The van der Waals surface area contributed by atoms with Crippen molar-refractivity contribution in [2.45, 2.75) is 6.04 Å². The number of amides is 2. The van der Waals surface area contributed by atoms with Gasteiger partial charge in [-0.2, -0.15) is 0 Å². The molecule has 94 valence electrons. The first-order valence-corrected chi connectivity index (χ1v) is 5.08. The van der Waals surface area contributed by atoms with E-state index < -0.39 is 17.9 Å². The number of halogens is 1. The minimum Gasteiger partial charge on any atom is -0.394 e. The maximum atomic E-state index is 12.8. The molecule has 0 heterocycles. The van der Waals surface area contributed by atoms with Gasteiger partial charge in [-0.05, 0) is 18.2 Å². The summed E-state index contributed by atoms with van der Waals surface area (Å²) in [5.74, 6) is -0.432. The summed E-state index contributed by atoms with van der Waals surface area (Å²) in [4.78, 5) is 11.5. The van der Waals surface area contributed by atoms with E-state index in [-0.39, 0.29) is 13.2 Å². The van der Waals surface area contributed by atoms with Crippen molar-refractivity contribution in [3.63, 3.8) is 0 Å². The molecule has 1 aromatic rings. The molecule has 3 N–H and O–H groups in total. The van der Waals surface area contributed by atoms with Crippen molar-refractivity contribution in [3.05, 3.63) is 30.1 Å². The molecule has 0 bridgehead atoms. The van der Waals surface area contributed by atoms with E-state index in [2.05, 4.69) is 10.6 Å². The summed E-state index contributed by atoms with van der Waals surface area (Å²) < 4.78 is 17.6. The third-order valence-corrected chi connectivity index (χ3v) is 2.01. The van der Waals surface area contributed by atoms with Crippen LogP contribution >= 0.6 is 0 Å². The van der Waals surface area contributed by atoms with Crippen LogP contribution in [-0.4, -0.2) is 37.5 Å². The largest absolute Gasteiger partial charge is 0.394 e. The van der Waals surface area contributed by atoms with Crippen molar-refractivity contribution in [2.75, 3.05) is 25.6 Å². The van der Waals surface area contributed by atoms with Crippen molar-refractivity contribution in [3.8, 4) is 0 Å². The van der Waals surface area contributed by atoms with Crippen LogP contribution in [-0.2, 0) is 4.74 Å². The molecule has 0 saturated heterocycles. The summed E-state index contributed by atoms with van der Waals surface area (Å²) in [6.45, 7) is -0.0303. The van der Waals surface area contributed by atoms with Crippen LogP contribution in [0.4, 0.5) is 14.9 Å². The molecule has 6 heteroatoms. The Morgan fingerprint density at radius 2 is 2.35 bits per heavy atom. The fourth-order valence-electron chi connectivity index (χ4n) is 1.26. The van der Waals surface area contributed by atoms with Crippen LogP contribution in [0.1, 0.15) is 0 Å². The lowest BCUT2D eigenvalue weighted by molar-refractivity contribution is 0.132. The number of anilines is 1. The normalized spacial score (nSPS) is 11.9. The van der Waals surface area contributed by atoms with Crippen molar-refractivity contribution >= 4 is 11.7 Å². The average Bonchev–Trinajstić information content (AvgIpc) is 2.28. The summed E-state index contributed by atoms with van der Waals surface area (Å²) in [5.41, 5.74) is 0.344. The highest BCUT2D eigenvalue weighted by Gasteiger charge is 2.10. The van der Waals surface area contributed by atoms with E-state index in [0.29, 0.717) is 5.69 Å². The summed E-state index contributed by atoms with van der Waals surface area (Å²) in [7, 11) is 1.47. The summed E-state index contributed by atoms with van der Waals surface area (Å²) in [5, 5.41) is 13.9. The molecule has 0 fully saturated rings. The van der Waals surface area contributed by atoms with Crippen molar-refractivity contribution in [1.29, 1.82) is 0 Å². The second-order valence-corrected chi connectivity index (χ2v) is 3.44. The van der Waals surface area contributed by atoms with Gasteiger partial charge in [-0.25, -0.2) is 9.18 Å². The van der Waals surface area contributed by atoms with Crippen molar-refractivity contribution < 1.29 is 19.0 Å². The van der Waals surface area contributed by atoms with Crippen LogP contribution in [0.2, 0.25) is 0 Å². The van der Waals surface area contributed by atoms with Crippen molar-refractivity contribution in [2.24, 2.45) is 0 Å². The van der Waals surface area contributed by atoms with E-state index in [4.69, 9.17) is 9.84 Å². The van der Waals surface area contributed by atoms with Gasteiger partial charge in [0.15, 0.2) is 0 Å². The van der Waals surface area contributed by atoms with Crippen LogP contribution in [0.3, 0.4) is 0 Å². The third-order valence-electron chi connectivity index (χ3n) is 2.01. The monoisotopic (exact) mass is 242 g/mol. The second-order valence-electron chi connectivity index (χ2n) is 3.44. The first kappa shape index (κ1) is 13.4. The third kappa shape index (κ3) is 4.80. The number of hydrogen-bond donors (Lipinski definition) is 3. The highest BCUT2D eigenvalue weighted by molar-refractivity contribution is 5.89. The highest BCUT2D eigenvalue weighted by atomic mass is 19.1. The van der Waals surface area contributed by atoms with Crippen LogP contribution < -0.4 is 10.6 Å². The van der Waals surface area contributed by atoms with Crippen LogP contribution in [0.25, 0.3) is 0 Å². The first-order chi connectivity index (χ1) is 8.15. The fourth-order valence-corrected chi connectivity index (χ4v) is 1.26. The molecule has 0 spiro atoms. The number of aliphatic hydroxyl groups excluding tert-OH is 1. The lowest BCUT2D eigenvalue weighted by Gasteiger charge is -2.15. The molecule has 17 heavy (non-hydrogen) atoms. The van der Waals surface area contributed by atoms with Gasteiger partial charge in [0.1, 0.15) is 5.82 Å². The summed E-state index contributed by atoms with van der Waals surface area (Å²) >= 11 is 0. The molecule has 0 aliphatic carbocycles.